The Kier molecular flexibility index (Phi) is 9.16. The lowest BCUT2D eigenvalue weighted by Crippen LogP contribution is -2.53. The zero-order valence-corrected chi connectivity index (χ0v) is 20.1. The van der Waals surface area contributed by atoms with Gasteiger partial charge in [0, 0.05) is 39.8 Å². The van der Waals surface area contributed by atoms with Gasteiger partial charge in [0.15, 0.2) is 5.96 Å². The summed E-state index contributed by atoms with van der Waals surface area (Å²) in [5.74, 6) is 0.949. The van der Waals surface area contributed by atoms with Crippen molar-refractivity contribution < 1.29 is 9.50 Å². The van der Waals surface area contributed by atoms with Gasteiger partial charge < -0.3 is 25.1 Å². The average Bonchev–Trinajstić information content (AvgIpc) is 2.73. The maximum absolute atomic E-state index is 13.3. The number of aliphatic imine (C=N–C) groups is 1. The molecule has 2 aromatic rings. The quantitative estimate of drug-likeness (QED) is 0.356. The van der Waals surface area contributed by atoms with Crippen LogP contribution in [0.4, 0.5) is 10.1 Å². The number of hydrogen-bond acceptors (Lipinski definition) is 4. The second-order valence-electron chi connectivity index (χ2n) is 7.42. The third-order valence-electron chi connectivity index (χ3n) is 5.35. The van der Waals surface area contributed by atoms with E-state index < -0.39 is 0 Å². The highest BCUT2D eigenvalue weighted by molar-refractivity contribution is 14.0. The van der Waals surface area contributed by atoms with Crippen molar-refractivity contribution in [2.24, 2.45) is 4.99 Å². The van der Waals surface area contributed by atoms with Crippen LogP contribution in [0.15, 0.2) is 53.5 Å². The predicted octanol–water partition coefficient (Wildman–Crippen LogP) is 3.15. The van der Waals surface area contributed by atoms with Gasteiger partial charge in [-0.1, -0.05) is 24.3 Å². The zero-order valence-electron chi connectivity index (χ0n) is 17.8. The third kappa shape index (κ3) is 5.98. The molecule has 1 aliphatic heterocycles. The standard InChI is InChI=1S/C22H30FN5O.HI/c1-24-22(25-16-20(26(2)3)17-8-10-18(23)11-9-17)28-14-12-27(13-15-28)19-6-4-5-7-21(19)29;/h4-11,20,29H,12-16H2,1-3H3,(H,24,25);1H. The fourth-order valence-electron chi connectivity index (χ4n) is 3.69. The van der Waals surface area contributed by atoms with Gasteiger partial charge in [-0.25, -0.2) is 4.39 Å². The largest absolute Gasteiger partial charge is 0.506 e. The Morgan fingerprint density at radius 1 is 1.10 bits per heavy atom. The van der Waals surface area contributed by atoms with Crippen LogP contribution < -0.4 is 10.2 Å². The molecule has 0 aliphatic carbocycles. The lowest BCUT2D eigenvalue weighted by molar-refractivity contribution is 0.292. The lowest BCUT2D eigenvalue weighted by atomic mass is 10.1. The summed E-state index contributed by atoms with van der Waals surface area (Å²) in [6, 6.07) is 14.2. The molecule has 1 heterocycles. The summed E-state index contributed by atoms with van der Waals surface area (Å²) in [4.78, 5) is 11.0. The minimum absolute atomic E-state index is 0. The molecule has 164 valence electrons. The van der Waals surface area contributed by atoms with E-state index >= 15 is 0 Å². The summed E-state index contributed by atoms with van der Waals surface area (Å²) in [5, 5.41) is 13.6. The van der Waals surface area contributed by atoms with Crippen LogP contribution in [0.25, 0.3) is 0 Å². The molecule has 0 radical (unpaired) electrons. The van der Waals surface area contributed by atoms with Crippen molar-refractivity contribution in [3.63, 3.8) is 0 Å². The molecular formula is C22H31FIN5O. The molecule has 0 saturated carbocycles. The topological polar surface area (TPSA) is 54.3 Å². The Bertz CT molecular complexity index is 823. The van der Waals surface area contributed by atoms with Crippen molar-refractivity contribution in [2.45, 2.75) is 6.04 Å². The Hall–Kier alpha value is -2.07. The number of aromatic hydroxyl groups is 1. The second-order valence-corrected chi connectivity index (χ2v) is 7.42. The maximum Gasteiger partial charge on any atom is 0.193 e. The first kappa shape index (κ1) is 24.2. The molecule has 8 heteroatoms. The highest BCUT2D eigenvalue weighted by atomic mass is 127. The van der Waals surface area contributed by atoms with Gasteiger partial charge in [-0.2, -0.15) is 0 Å². The normalized spacial score (nSPS) is 15.7. The van der Waals surface area contributed by atoms with E-state index in [0.29, 0.717) is 12.3 Å². The number of nitrogens with zero attached hydrogens (tertiary/aromatic N) is 4. The van der Waals surface area contributed by atoms with E-state index in [1.54, 1.807) is 13.1 Å². The number of phenolic OH excluding ortho intramolecular Hbond substituents is 1. The Morgan fingerprint density at radius 3 is 2.30 bits per heavy atom. The highest BCUT2D eigenvalue weighted by Gasteiger charge is 2.22. The zero-order chi connectivity index (χ0) is 20.8. The summed E-state index contributed by atoms with van der Waals surface area (Å²) in [6.07, 6.45) is 0. The molecule has 1 saturated heterocycles. The molecule has 0 spiro atoms. The van der Waals surface area contributed by atoms with Crippen molar-refractivity contribution in [2.75, 3.05) is 58.8 Å². The predicted molar refractivity (Wildman–Crippen MR) is 131 cm³/mol. The van der Waals surface area contributed by atoms with Crippen molar-refractivity contribution in [3.05, 3.63) is 59.9 Å². The van der Waals surface area contributed by atoms with E-state index in [2.05, 4.69) is 25.0 Å². The van der Waals surface area contributed by atoms with Gasteiger partial charge in [0.05, 0.1) is 11.7 Å². The number of hydrogen-bond donors (Lipinski definition) is 2. The van der Waals surface area contributed by atoms with Crippen LogP contribution in [0.3, 0.4) is 0 Å². The number of guanidine groups is 1. The number of para-hydroxylation sites is 2. The Labute approximate surface area is 195 Å². The van der Waals surface area contributed by atoms with Crippen LogP contribution in [-0.2, 0) is 0 Å². The molecule has 1 aliphatic rings. The van der Waals surface area contributed by atoms with Crippen LogP contribution in [0.1, 0.15) is 11.6 Å². The van der Waals surface area contributed by atoms with Crippen molar-refractivity contribution in [3.8, 4) is 5.75 Å². The smallest absolute Gasteiger partial charge is 0.193 e. The fraction of sp³-hybridized carbons (Fsp3) is 0.409. The van der Waals surface area contributed by atoms with Gasteiger partial charge in [0.1, 0.15) is 11.6 Å². The molecule has 2 aromatic carbocycles. The molecule has 1 unspecified atom stereocenters. The minimum Gasteiger partial charge on any atom is -0.506 e. The number of piperazine rings is 1. The van der Waals surface area contributed by atoms with Crippen LogP contribution in [0.2, 0.25) is 0 Å². The number of anilines is 1. The number of benzene rings is 2. The molecule has 30 heavy (non-hydrogen) atoms. The Balaban J connectivity index is 0.00000320. The van der Waals surface area contributed by atoms with E-state index in [4.69, 9.17) is 0 Å². The van der Waals surface area contributed by atoms with Crippen molar-refractivity contribution in [1.82, 2.24) is 15.1 Å². The van der Waals surface area contributed by atoms with Gasteiger partial charge in [-0.15, -0.1) is 24.0 Å². The van der Waals surface area contributed by atoms with Gasteiger partial charge in [-0.3, -0.25) is 4.99 Å². The summed E-state index contributed by atoms with van der Waals surface area (Å²) < 4.78 is 13.3. The highest BCUT2D eigenvalue weighted by Crippen LogP contribution is 2.27. The van der Waals surface area contributed by atoms with Crippen molar-refractivity contribution in [1.29, 1.82) is 0 Å². The van der Waals surface area contributed by atoms with Gasteiger partial charge >= 0.3 is 0 Å². The van der Waals surface area contributed by atoms with Crippen LogP contribution in [0.5, 0.6) is 5.75 Å². The van der Waals surface area contributed by atoms with Gasteiger partial charge in [0.25, 0.3) is 0 Å². The molecule has 3 rings (SSSR count). The van der Waals surface area contributed by atoms with E-state index in [0.717, 1.165) is 43.4 Å². The first-order valence-electron chi connectivity index (χ1n) is 9.90. The Morgan fingerprint density at radius 2 is 1.73 bits per heavy atom. The molecule has 0 amide bonds. The SMILES string of the molecule is CN=C(NCC(c1ccc(F)cc1)N(C)C)N1CCN(c2ccccc2O)CC1.I. The van der Waals surface area contributed by atoms with E-state index in [-0.39, 0.29) is 35.8 Å². The van der Waals surface area contributed by atoms with Crippen molar-refractivity contribution >= 4 is 35.6 Å². The van der Waals surface area contributed by atoms with E-state index in [9.17, 15) is 9.50 Å². The molecule has 1 fully saturated rings. The third-order valence-corrected chi connectivity index (χ3v) is 5.35. The first-order chi connectivity index (χ1) is 14.0. The number of phenols is 1. The number of rotatable bonds is 5. The number of likely N-dealkylation sites (N-methyl/N-ethyl adjacent to an activating group) is 1. The molecular weight excluding hydrogens is 496 g/mol. The van der Waals surface area contributed by atoms with Crippen LogP contribution in [-0.4, -0.2) is 74.7 Å². The van der Waals surface area contributed by atoms with Gasteiger partial charge in [0.2, 0.25) is 0 Å². The summed E-state index contributed by atoms with van der Waals surface area (Å²) >= 11 is 0. The molecule has 0 aromatic heterocycles. The average molecular weight is 527 g/mol. The molecule has 2 N–H and O–H groups in total. The summed E-state index contributed by atoms with van der Waals surface area (Å²) in [7, 11) is 5.83. The number of nitrogens with one attached hydrogen (secondary N) is 1. The van der Waals surface area contributed by atoms with Crippen LogP contribution >= 0.6 is 24.0 Å². The van der Waals surface area contributed by atoms with Crippen LogP contribution in [0, 0.1) is 5.82 Å². The van der Waals surface area contributed by atoms with Gasteiger partial charge in [-0.05, 0) is 43.9 Å². The monoisotopic (exact) mass is 527 g/mol. The van der Waals surface area contributed by atoms with E-state index in [1.807, 2.05) is 44.4 Å². The molecule has 6 nitrogen and oxygen atoms in total. The maximum atomic E-state index is 13.3. The molecule has 1 atom stereocenters. The summed E-state index contributed by atoms with van der Waals surface area (Å²) in [5.41, 5.74) is 1.93. The van der Waals surface area contributed by atoms with E-state index in [1.165, 1.54) is 12.1 Å². The minimum atomic E-state index is -0.225. The lowest BCUT2D eigenvalue weighted by Gasteiger charge is -2.38. The first-order valence-corrected chi connectivity index (χ1v) is 9.90. The second kappa shape index (κ2) is 11.4. The molecule has 0 bridgehead atoms. The summed E-state index contributed by atoms with van der Waals surface area (Å²) in [6.45, 7) is 3.93. The number of halogens is 2. The fourth-order valence-corrected chi connectivity index (χ4v) is 3.69.